The molecule has 2 rings (SSSR count). The Kier molecular flexibility index (Phi) is 6.61. The van der Waals surface area contributed by atoms with Crippen molar-refractivity contribution in [2.75, 3.05) is 26.3 Å². The third-order valence-electron chi connectivity index (χ3n) is 2.64. The molecule has 6 nitrogen and oxygen atoms in total. The summed E-state index contributed by atoms with van der Waals surface area (Å²) >= 11 is 0. The summed E-state index contributed by atoms with van der Waals surface area (Å²) in [4.78, 5) is 20.4. The number of benzene rings is 1. The Morgan fingerprint density at radius 2 is 1.70 bits per heavy atom. The fourth-order valence-corrected chi connectivity index (χ4v) is 1.63. The maximum atomic E-state index is 13.3. The lowest BCUT2D eigenvalue weighted by Gasteiger charge is -2.26. The molecule has 0 spiro atoms. The van der Waals surface area contributed by atoms with Crippen LogP contribution in [0.15, 0.2) is 24.3 Å². The van der Waals surface area contributed by atoms with Crippen LogP contribution in [0.5, 0.6) is 0 Å². The van der Waals surface area contributed by atoms with Crippen LogP contribution in [0.4, 0.5) is 4.39 Å². The monoisotopic (exact) mass is 285 g/mol. The smallest absolute Gasteiger partial charge is 0.414 e. The lowest BCUT2D eigenvalue weighted by molar-refractivity contribution is -0.159. The van der Waals surface area contributed by atoms with E-state index in [1.165, 1.54) is 6.07 Å². The zero-order chi connectivity index (χ0) is 15.0. The van der Waals surface area contributed by atoms with E-state index < -0.39 is 11.9 Å². The minimum absolute atomic E-state index is 0.112. The van der Waals surface area contributed by atoms with E-state index in [1.807, 2.05) is 12.1 Å². The molecule has 7 heteroatoms. The van der Waals surface area contributed by atoms with E-state index in [2.05, 4.69) is 4.90 Å². The van der Waals surface area contributed by atoms with Gasteiger partial charge < -0.3 is 14.9 Å². The van der Waals surface area contributed by atoms with Crippen molar-refractivity contribution in [3.05, 3.63) is 35.6 Å². The van der Waals surface area contributed by atoms with Crippen LogP contribution in [-0.2, 0) is 20.9 Å². The second-order valence-corrected chi connectivity index (χ2v) is 4.09. The number of ether oxygens (including phenoxy) is 1. The van der Waals surface area contributed by atoms with Gasteiger partial charge in [0.2, 0.25) is 0 Å². The second-order valence-electron chi connectivity index (χ2n) is 4.09. The van der Waals surface area contributed by atoms with Crippen molar-refractivity contribution in [1.29, 1.82) is 0 Å². The van der Waals surface area contributed by atoms with E-state index in [-0.39, 0.29) is 5.82 Å². The predicted molar refractivity (Wildman–Crippen MR) is 67.8 cm³/mol. The summed E-state index contributed by atoms with van der Waals surface area (Å²) in [5.74, 6) is -3.76. The number of carbonyl (C=O) groups is 2. The van der Waals surface area contributed by atoms with Gasteiger partial charge in [0.05, 0.1) is 13.2 Å². The Morgan fingerprint density at radius 1 is 1.15 bits per heavy atom. The molecule has 1 heterocycles. The summed E-state index contributed by atoms with van der Waals surface area (Å²) in [6, 6.07) is 6.94. The highest BCUT2D eigenvalue weighted by Gasteiger charge is 2.12. The van der Waals surface area contributed by atoms with E-state index in [0.717, 1.165) is 31.9 Å². The highest BCUT2D eigenvalue weighted by molar-refractivity contribution is 6.27. The summed E-state index contributed by atoms with van der Waals surface area (Å²) in [6.07, 6.45) is 0. The highest BCUT2D eigenvalue weighted by atomic mass is 19.1. The Labute approximate surface area is 115 Å². The minimum atomic E-state index is -1.82. The SMILES string of the molecule is Fc1ccccc1CN1CCOCC1.O=C(O)C(=O)O. The van der Waals surface area contributed by atoms with Crippen molar-refractivity contribution in [3.8, 4) is 0 Å². The summed E-state index contributed by atoms with van der Waals surface area (Å²) in [5.41, 5.74) is 0.773. The van der Waals surface area contributed by atoms with Crippen LogP contribution in [0.1, 0.15) is 5.56 Å². The summed E-state index contributed by atoms with van der Waals surface area (Å²) in [6.45, 7) is 4.00. The molecule has 1 aliphatic rings. The van der Waals surface area contributed by atoms with E-state index in [4.69, 9.17) is 24.5 Å². The minimum Gasteiger partial charge on any atom is -0.473 e. The summed E-state index contributed by atoms with van der Waals surface area (Å²) < 4.78 is 18.5. The maximum Gasteiger partial charge on any atom is 0.414 e. The molecule has 0 atom stereocenters. The summed E-state index contributed by atoms with van der Waals surface area (Å²) in [7, 11) is 0. The molecule has 0 unspecified atom stereocenters. The Bertz CT molecular complexity index is 448. The summed E-state index contributed by atoms with van der Waals surface area (Å²) in [5, 5.41) is 14.8. The van der Waals surface area contributed by atoms with Crippen LogP contribution in [0, 0.1) is 5.82 Å². The largest absolute Gasteiger partial charge is 0.473 e. The fraction of sp³-hybridized carbons (Fsp3) is 0.385. The number of hydrogen-bond acceptors (Lipinski definition) is 4. The normalized spacial score (nSPS) is 15.1. The highest BCUT2D eigenvalue weighted by Crippen LogP contribution is 2.10. The number of morpholine rings is 1. The quantitative estimate of drug-likeness (QED) is 0.782. The van der Waals surface area contributed by atoms with E-state index in [9.17, 15) is 4.39 Å². The van der Waals surface area contributed by atoms with Crippen LogP contribution in [0.3, 0.4) is 0 Å². The molecular weight excluding hydrogens is 269 g/mol. The molecule has 0 aromatic heterocycles. The molecule has 0 aliphatic carbocycles. The molecular formula is C13H16FNO5. The van der Waals surface area contributed by atoms with Gasteiger partial charge in [-0.15, -0.1) is 0 Å². The predicted octanol–water partition coefficient (Wildman–Crippen LogP) is 0.813. The maximum absolute atomic E-state index is 13.3. The number of aliphatic carboxylic acids is 2. The Balaban J connectivity index is 0.000000286. The van der Waals surface area contributed by atoms with Gasteiger partial charge in [-0.25, -0.2) is 14.0 Å². The van der Waals surface area contributed by atoms with Crippen molar-refractivity contribution in [2.45, 2.75) is 6.54 Å². The van der Waals surface area contributed by atoms with Crippen LogP contribution >= 0.6 is 0 Å². The first-order valence-corrected chi connectivity index (χ1v) is 6.00. The van der Waals surface area contributed by atoms with Gasteiger partial charge in [0.15, 0.2) is 0 Å². The first-order valence-electron chi connectivity index (χ1n) is 6.00. The van der Waals surface area contributed by atoms with E-state index in [0.29, 0.717) is 6.54 Å². The lowest BCUT2D eigenvalue weighted by Crippen LogP contribution is -2.35. The lowest BCUT2D eigenvalue weighted by atomic mass is 10.2. The molecule has 0 saturated carbocycles. The van der Waals surface area contributed by atoms with Gasteiger partial charge in [0, 0.05) is 25.2 Å². The van der Waals surface area contributed by atoms with Gasteiger partial charge in [-0.3, -0.25) is 4.90 Å². The third kappa shape index (κ3) is 5.77. The van der Waals surface area contributed by atoms with Gasteiger partial charge in [-0.1, -0.05) is 18.2 Å². The van der Waals surface area contributed by atoms with Crippen molar-refractivity contribution in [2.24, 2.45) is 0 Å². The molecule has 1 saturated heterocycles. The molecule has 1 fully saturated rings. The average molecular weight is 285 g/mol. The topological polar surface area (TPSA) is 87.1 Å². The van der Waals surface area contributed by atoms with Crippen LogP contribution in [-0.4, -0.2) is 53.4 Å². The van der Waals surface area contributed by atoms with Gasteiger partial charge in [-0.05, 0) is 6.07 Å². The van der Waals surface area contributed by atoms with Crippen molar-refractivity contribution >= 4 is 11.9 Å². The molecule has 0 amide bonds. The third-order valence-corrected chi connectivity index (χ3v) is 2.64. The molecule has 20 heavy (non-hydrogen) atoms. The fourth-order valence-electron chi connectivity index (χ4n) is 1.63. The molecule has 110 valence electrons. The molecule has 2 N–H and O–H groups in total. The van der Waals surface area contributed by atoms with Crippen molar-refractivity contribution < 1.29 is 28.9 Å². The van der Waals surface area contributed by atoms with E-state index >= 15 is 0 Å². The number of halogens is 1. The van der Waals surface area contributed by atoms with Crippen molar-refractivity contribution in [3.63, 3.8) is 0 Å². The number of hydrogen-bond donors (Lipinski definition) is 2. The Hall–Kier alpha value is -1.99. The molecule has 0 radical (unpaired) electrons. The molecule has 1 aromatic carbocycles. The number of rotatable bonds is 2. The van der Waals surface area contributed by atoms with Crippen LogP contribution in [0.25, 0.3) is 0 Å². The zero-order valence-corrected chi connectivity index (χ0v) is 10.8. The van der Waals surface area contributed by atoms with E-state index in [1.54, 1.807) is 6.07 Å². The first kappa shape index (κ1) is 16.1. The number of nitrogens with zero attached hydrogens (tertiary/aromatic N) is 1. The van der Waals surface area contributed by atoms with Crippen LogP contribution in [0.2, 0.25) is 0 Å². The second kappa shape index (κ2) is 8.23. The van der Waals surface area contributed by atoms with Crippen LogP contribution < -0.4 is 0 Å². The van der Waals surface area contributed by atoms with Crippen molar-refractivity contribution in [1.82, 2.24) is 4.90 Å². The molecule has 1 aromatic rings. The number of carboxylic acid groups (broad SMARTS) is 2. The first-order chi connectivity index (χ1) is 9.50. The molecule has 1 aliphatic heterocycles. The van der Waals surface area contributed by atoms with Gasteiger partial charge in [0.1, 0.15) is 5.82 Å². The van der Waals surface area contributed by atoms with Gasteiger partial charge >= 0.3 is 11.9 Å². The van der Waals surface area contributed by atoms with Gasteiger partial charge in [-0.2, -0.15) is 0 Å². The Morgan fingerprint density at radius 3 is 2.20 bits per heavy atom. The molecule has 0 bridgehead atoms. The zero-order valence-electron chi connectivity index (χ0n) is 10.8. The number of carboxylic acids is 2. The van der Waals surface area contributed by atoms with Gasteiger partial charge in [0.25, 0.3) is 0 Å². The standard InChI is InChI=1S/C11H14FNO.C2H2O4/c12-11-4-2-1-3-10(11)9-13-5-7-14-8-6-13;3-1(4)2(5)6/h1-4H,5-9H2;(H,3,4)(H,5,6). The average Bonchev–Trinajstić information content (AvgIpc) is 2.43.